The Morgan fingerprint density at radius 3 is 2.07 bits per heavy atom. The molecule has 0 saturated carbocycles. The van der Waals surface area contributed by atoms with Crippen molar-refractivity contribution in [2.24, 2.45) is 0 Å². The van der Waals surface area contributed by atoms with Gasteiger partial charge in [0, 0.05) is 11.8 Å². The quantitative estimate of drug-likeness (QED) is 0.575. The third-order valence-electron chi connectivity index (χ3n) is 1.51. The first-order chi connectivity index (χ1) is 6.66. The molecule has 0 fully saturated rings. The Balaban J connectivity index is 3.22. The van der Waals surface area contributed by atoms with Gasteiger partial charge in [0.2, 0.25) is 0 Å². The summed E-state index contributed by atoms with van der Waals surface area (Å²) >= 11 is 20.2. The summed E-state index contributed by atoms with van der Waals surface area (Å²) < 4.78 is 35.4. The molecule has 8 heteroatoms. The molecule has 1 nitrogen and oxygen atoms in total. The van der Waals surface area contributed by atoms with E-state index >= 15 is 0 Å². The van der Waals surface area contributed by atoms with E-state index in [1.165, 1.54) is 0 Å². The smallest absolute Gasteiger partial charge is 0.242 e. The summed E-state index contributed by atoms with van der Waals surface area (Å²) in [6, 6.07) is 0.746. The van der Waals surface area contributed by atoms with E-state index in [9.17, 15) is 13.2 Å². The molecule has 0 atom stereocenters. The zero-order chi connectivity index (χ0) is 11.9. The molecule has 0 spiro atoms. The fraction of sp³-hybridized carbons (Fsp3) is 0.286. The lowest BCUT2D eigenvalue weighted by molar-refractivity contribution is -0.0653. The number of hydrogen-bond acceptors (Lipinski definition) is 1. The lowest BCUT2D eigenvalue weighted by atomic mass is 10.1. The van der Waals surface area contributed by atoms with E-state index in [4.69, 9.17) is 46.4 Å². The number of halogens is 7. The molecular weight excluding hydrogens is 297 g/mol. The maximum Gasteiger partial charge on any atom is 0.336 e. The van der Waals surface area contributed by atoms with Crippen molar-refractivity contribution in [3.63, 3.8) is 0 Å². The Bertz CT molecular complexity index is 377. The van der Waals surface area contributed by atoms with E-state index in [2.05, 4.69) is 4.98 Å². The molecule has 1 rings (SSSR count). The van der Waals surface area contributed by atoms with Crippen LogP contribution in [-0.2, 0) is 5.92 Å². The molecule has 0 aliphatic heterocycles. The van der Waals surface area contributed by atoms with Gasteiger partial charge in [-0.3, -0.25) is 0 Å². The van der Waals surface area contributed by atoms with Crippen LogP contribution >= 0.6 is 46.4 Å². The molecule has 0 amide bonds. The predicted molar refractivity (Wildman–Crippen MR) is 53.7 cm³/mol. The second kappa shape index (κ2) is 4.17. The van der Waals surface area contributed by atoms with Gasteiger partial charge in [0.05, 0.1) is 5.02 Å². The minimum atomic E-state index is -4.13. The van der Waals surface area contributed by atoms with Crippen LogP contribution < -0.4 is 0 Å². The summed E-state index contributed by atoms with van der Waals surface area (Å²) in [7, 11) is 0. The number of alkyl halides is 5. The molecule has 1 aromatic heterocycles. The van der Waals surface area contributed by atoms with E-state index in [-0.39, 0.29) is 10.2 Å². The SMILES string of the molecule is FC(Cl)(Cl)C(F)(F)c1cnc(Cl)c(Cl)c1. The largest absolute Gasteiger partial charge is 0.336 e. The van der Waals surface area contributed by atoms with Gasteiger partial charge in [0.15, 0.2) is 0 Å². The van der Waals surface area contributed by atoms with Crippen molar-refractivity contribution in [3.8, 4) is 0 Å². The summed E-state index contributed by atoms with van der Waals surface area (Å²) in [5.41, 5.74) is -0.857. The van der Waals surface area contributed by atoms with E-state index in [1.807, 2.05) is 0 Å². The Morgan fingerprint density at radius 2 is 1.67 bits per heavy atom. The fourth-order valence-electron chi connectivity index (χ4n) is 0.757. The van der Waals surface area contributed by atoms with Crippen molar-refractivity contribution in [2.45, 2.75) is 10.5 Å². The number of aromatic nitrogens is 1. The van der Waals surface area contributed by atoms with Crippen LogP contribution in [0.2, 0.25) is 10.2 Å². The van der Waals surface area contributed by atoms with E-state index < -0.39 is 16.1 Å². The van der Waals surface area contributed by atoms with Crippen LogP contribution in [0.1, 0.15) is 5.56 Å². The van der Waals surface area contributed by atoms with Crippen LogP contribution in [0, 0.1) is 0 Å². The van der Waals surface area contributed by atoms with Gasteiger partial charge < -0.3 is 0 Å². The predicted octanol–water partition coefficient (Wildman–Crippen LogP) is 4.58. The van der Waals surface area contributed by atoms with Crippen LogP contribution in [0.5, 0.6) is 0 Å². The molecule has 0 N–H and O–H groups in total. The molecule has 0 aliphatic carbocycles. The number of hydrogen-bond donors (Lipinski definition) is 0. The summed E-state index contributed by atoms with van der Waals surface area (Å²) in [4.78, 5) is 3.33. The normalized spacial score (nSPS) is 13.0. The van der Waals surface area contributed by atoms with Gasteiger partial charge in [-0.25, -0.2) is 9.37 Å². The number of pyridine rings is 1. The number of nitrogens with zero attached hydrogens (tertiary/aromatic N) is 1. The monoisotopic (exact) mass is 297 g/mol. The van der Waals surface area contributed by atoms with Crippen molar-refractivity contribution in [3.05, 3.63) is 28.0 Å². The molecular formula is C7H2Cl4F3N. The fourth-order valence-corrected chi connectivity index (χ4v) is 1.24. The van der Waals surface area contributed by atoms with Gasteiger partial charge >= 0.3 is 10.5 Å². The van der Waals surface area contributed by atoms with Gasteiger partial charge in [-0.15, -0.1) is 0 Å². The summed E-state index contributed by atoms with van der Waals surface area (Å²) in [5.74, 6) is -4.13. The molecule has 1 aromatic rings. The molecule has 15 heavy (non-hydrogen) atoms. The van der Waals surface area contributed by atoms with Crippen molar-refractivity contribution in [2.75, 3.05) is 0 Å². The average Bonchev–Trinajstić information content (AvgIpc) is 2.07. The molecule has 0 bridgehead atoms. The molecule has 84 valence electrons. The minimum absolute atomic E-state index is 0.176. The third-order valence-corrected chi connectivity index (χ3v) is 2.68. The van der Waals surface area contributed by atoms with Crippen molar-refractivity contribution in [1.29, 1.82) is 0 Å². The van der Waals surface area contributed by atoms with Crippen LogP contribution in [-0.4, -0.2) is 9.57 Å². The average molecular weight is 299 g/mol. The van der Waals surface area contributed by atoms with Gasteiger partial charge in [-0.05, 0) is 6.07 Å². The first-order valence-electron chi connectivity index (χ1n) is 3.42. The van der Waals surface area contributed by atoms with Gasteiger partial charge in [-0.2, -0.15) is 8.78 Å². The first kappa shape index (κ1) is 13.2. The molecule has 0 saturated heterocycles. The zero-order valence-corrected chi connectivity index (χ0v) is 9.77. The maximum atomic E-state index is 13.2. The van der Waals surface area contributed by atoms with Crippen LogP contribution in [0.3, 0.4) is 0 Å². The van der Waals surface area contributed by atoms with E-state index in [1.54, 1.807) is 0 Å². The zero-order valence-electron chi connectivity index (χ0n) is 6.75. The molecule has 0 aromatic carbocycles. The Hall–Kier alpha value is 0.1000. The molecule has 0 radical (unpaired) electrons. The lowest BCUT2D eigenvalue weighted by Gasteiger charge is -2.22. The first-order valence-corrected chi connectivity index (χ1v) is 4.93. The number of rotatable bonds is 2. The Kier molecular flexibility index (Phi) is 3.66. The maximum absolute atomic E-state index is 13.2. The second-order valence-electron chi connectivity index (χ2n) is 2.57. The molecule has 1 heterocycles. The van der Waals surface area contributed by atoms with Crippen LogP contribution in [0.4, 0.5) is 13.2 Å². The minimum Gasteiger partial charge on any atom is -0.242 e. The van der Waals surface area contributed by atoms with Crippen molar-refractivity contribution < 1.29 is 13.2 Å². The van der Waals surface area contributed by atoms with Crippen molar-refractivity contribution >= 4 is 46.4 Å². The lowest BCUT2D eigenvalue weighted by Crippen LogP contribution is -2.31. The van der Waals surface area contributed by atoms with E-state index in [0.29, 0.717) is 6.20 Å². The molecule has 0 aliphatic rings. The second-order valence-corrected chi connectivity index (χ2v) is 4.57. The third kappa shape index (κ3) is 2.61. The standard InChI is InChI=1S/C7H2Cl4F3N/c8-4-1-3(2-15-5(4)9)6(12,13)7(10,11)14/h1-2H. The summed E-state index contributed by atoms with van der Waals surface area (Å²) in [6.45, 7) is 0. The summed E-state index contributed by atoms with van der Waals surface area (Å²) in [6.07, 6.45) is 0.646. The molecule has 0 unspecified atom stereocenters. The van der Waals surface area contributed by atoms with Crippen molar-refractivity contribution in [1.82, 2.24) is 4.98 Å². The van der Waals surface area contributed by atoms with Gasteiger partial charge in [0.25, 0.3) is 0 Å². The highest BCUT2D eigenvalue weighted by Gasteiger charge is 2.54. The van der Waals surface area contributed by atoms with Crippen LogP contribution in [0.15, 0.2) is 12.3 Å². The Labute approximate surface area is 103 Å². The van der Waals surface area contributed by atoms with E-state index in [0.717, 1.165) is 6.07 Å². The highest BCUT2D eigenvalue weighted by atomic mass is 35.5. The topological polar surface area (TPSA) is 12.9 Å². The summed E-state index contributed by atoms with van der Waals surface area (Å²) in [5, 5.41) is -0.420. The highest BCUT2D eigenvalue weighted by Crippen LogP contribution is 2.47. The Morgan fingerprint density at radius 1 is 1.13 bits per heavy atom. The highest BCUT2D eigenvalue weighted by molar-refractivity contribution is 6.47. The van der Waals surface area contributed by atoms with Gasteiger partial charge in [0.1, 0.15) is 5.15 Å². The van der Waals surface area contributed by atoms with Crippen LogP contribution in [0.25, 0.3) is 0 Å². The van der Waals surface area contributed by atoms with Gasteiger partial charge in [-0.1, -0.05) is 46.4 Å².